The second kappa shape index (κ2) is 12.3. The molecule has 6 nitrogen and oxygen atoms in total. The van der Waals surface area contributed by atoms with Crippen molar-refractivity contribution in [1.82, 2.24) is 14.7 Å². The Balaban J connectivity index is 1.47. The summed E-state index contributed by atoms with van der Waals surface area (Å²) in [7, 11) is 3.23. The van der Waals surface area contributed by atoms with Gasteiger partial charge >= 0.3 is 0 Å². The SMILES string of the molecule is COc1ccc(CCN2C(=O)/C(=C/c3cn(-c4ccccc4)nc3-c3cc(C(C)C)ccc3C)SC2=S)cc1OC. The largest absolute Gasteiger partial charge is 0.493 e. The van der Waals surface area contributed by atoms with Crippen LogP contribution in [0.15, 0.2) is 77.8 Å². The third kappa shape index (κ3) is 6.09. The van der Waals surface area contributed by atoms with Gasteiger partial charge in [0.15, 0.2) is 11.5 Å². The molecular weight excluding hydrogens is 551 g/mol. The van der Waals surface area contributed by atoms with Gasteiger partial charge in [-0.25, -0.2) is 4.68 Å². The van der Waals surface area contributed by atoms with Crippen molar-refractivity contribution in [3.63, 3.8) is 0 Å². The van der Waals surface area contributed by atoms with Crippen molar-refractivity contribution >= 4 is 40.3 Å². The maximum absolute atomic E-state index is 13.6. The third-order valence-corrected chi connectivity index (χ3v) is 8.56. The quantitative estimate of drug-likeness (QED) is 0.151. The van der Waals surface area contributed by atoms with Gasteiger partial charge in [0.05, 0.1) is 24.8 Å². The lowest BCUT2D eigenvalue weighted by Crippen LogP contribution is -2.30. The molecule has 1 aromatic heterocycles. The van der Waals surface area contributed by atoms with Crippen LogP contribution in [-0.2, 0) is 11.2 Å². The molecule has 0 bridgehead atoms. The van der Waals surface area contributed by atoms with Gasteiger partial charge in [0.25, 0.3) is 5.91 Å². The van der Waals surface area contributed by atoms with Crippen molar-refractivity contribution in [2.75, 3.05) is 20.8 Å². The molecule has 0 spiro atoms. The van der Waals surface area contributed by atoms with Crippen LogP contribution in [0.2, 0.25) is 0 Å². The minimum Gasteiger partial charge on any atom is -0.493 e. The summed E-state index contributed by atoms with van der Waals surface area (Å²) < 4.78 is 13.2. The first-order valence-corrected chi connectivity index (χ1v) is 14.7. The van der Waals surface area contributed by atoms with Gasteiger partial charge in [0.1, 0.15) is 10.0 Å². The number of carbonyl (C=O) groups is 1. The van der Waals surface area contributed by atoms with Crippen LogP contribution in [0, 0.1) is 6.92 Å². The Labute approximate surface area is 251 Å². The topological polar surface area (TPSA) is 56.6 Å². The highest BCUT2D eigenvalue weighted by Crippen LogP contribution is 2.36. The number of hydrogen-bond acceptors (Lipinski definition) is 6. The smallest absolute Gasteiger partial charge is 0.266 e. The average molecular weight is 584 g/mol. The van der Waals surface area contributed by atoms with Crippen LogP contribution in [0.4, 0.5) is 0 Å². The predicted octanol–water partition coefficient (Wildman–Crippen LogP) is 7.43. The standard InChI is InChI=1S/C33H33N3O3S2/c1-21(2)24-13-11-22(3)27(18-24)31-25(20-36(34-31)26-9-7-6-8-10-26)19-30-32(37)35(33(40)41-30)16-15-23-12-14-28(38-4)29(17-23)39-5/h6-14,17-21H,15-16H2,1-5H3/b30-19-. The number of para-hydroxylation sites is 1. The van der Waals surface area contributed by atoms with Gasteiger partial charge in [-0.15, -0.1) is 0 Å². The summed E-state index contributed by atoms with van der Waals surface area (Å²) in [4.78, 5) is 15.8. The molecule has 41 heavy (non-hydrogen) atoms. The number of thioether (sulfide) groups is 1. The van der Waals surface area contributed by atoms with E-state index in [0.29, 0.717) is 39.6 Å². The normalized spacial score (nSPS) is 14.4. The number of amides is 1. The molecule has 1 aliphatic rings. The van der Waals surface area contributed by atoms with E-state index in [-0.39, 0.29) is 5.91 Å². The molecule has 1 aliphatic heterocycles. The molecule has 4 aromatic rings. The van der Waals surface area contributed by atoms with Crippen LogP contribution in [0.1, 0.15) is 42.0 Å². The number of benzene rings is 3. The van der Waals surface area contributed by atoms with Crippen LogP contribution in [0.25, 0.3) is 23.0 Å². The molecule has 2 heterocycles. The van der Waals surface area contributed by atoms with Gasteiger partial charge in [-0.05, 0) is 72.4 Å². The summed E-state index contributed by atoms with van der Waals surface area (Å²) in [5.74, 6) is 1.63. The molecule has 8 heteroatoms. The fourth-order valence-electron chi connectivity index (χ4n) is 4.78. The monoisotopic (exact) mass is 583 g/mol. The summed E-state index contributed by atoms with van der Waals surface area (Å²) in [6, 6.07) is 22.3. The molecule has 210 valence electrons. The Morgan fingerprint density at radius 2 is 1.76 bits per heavy atom. The fourth-order valence-corrected chi connectivity index (χ4v) is 6.08. The van der Waals surface area contributed by atoms with Gasteiger partial charge in [-0.2, -0.15) is 5.10 Å². The molecule has 5 rings (SSSR count). The lowest BCUT2D eigenvalue weighted by Gasteiger charge is -2.15. The van der Waals surface area contributed by atoms with E-state index >= 15 is 0 Å². The van der Waals surface area contributed by atoms with Crippen LogP contribution in [0.5, 0.6) is 11.5 Å². The fraction of sp³-hybridized carbons (Fsp3) is 0.242. The number of rotatable bonds is 9. The lowest BCUT2D eigenvalue weighted by molar-refractivity contribution is -0.122. The molecule has 0 N–H and O–H groups in total. The summed E-state index contributed by atoms with van der Waals surface area (Å²) >= 11 is 6.98. The number of methoxy groups -OCH3 is 2. The maximum atomic E-state index is 13.6. The highest BCUT2D eigenvalue weighted by atomic mass is 32.2. The molecule has 1 saturated heterocycles. The molecule has 3 aromatic carbocycles. The number of hydrogen-bond donors (Lipinski definition) is 0. The third-order valence-electron chi connectivity index (χ3n) is 7.18. The minimum absolute atomic E-state index is 0.0912. The van der Waals surface area contributed by atoms with E-state index in [4.69, 9.17) is 26.8 Å². The Bertz CT molecular complexity index is 1630. The van der Waals surface area contributed by atoms with Crippen molar-refractivity contribution in [2.24, 2.45) is 0 Å². The first kappa shape index (κ1) is 28.6. The Kier molecular flexibility index (Phi) is 8.61. The highest BCUT2D eigenvalue weighted by Gasteiger charge is 2.32. The minimum atomic E-state index is -0.0912. The van der Waals surface area contributed by atoms with E-state index in [0.717, 1.165) is 33.6 Å². The summed E-state index contributed by atoms with van der Waals surface area (Å²) in [6.45, 7) is 6.94. The Morgan fingerprint density at radius 1 is 1.00 bits per heavy atom. The molecule has 0 atom stereocenters. The molecule has 1 amide bonds. The Hall–Kier alpha value is -3.88. The van der Waals surface area contributed by atoms with Gasteiger partial charge in [-0.3, -0.25) is 9.69 Å². The zero-order valence-corrected chi connectivity index (χ0v) is 25.5. The first-order valence-electron chi connectivity index (χ1n) is 13.5. The molecule has 0 radical (unpaired) electrons. The van der Waals surface area contributed by atoms with Crippen molar-refractivity contribution < 1.29 is 14.3 Å². The summed E-state index contributed by atoms with van der Waals surface area (Å²) in [5, 5.41) is 5.01. The van der Waals surface area contributed by atoms with Crippen molar-refractivity contribution in [3.8, 4) is 28.4 Å². The van der Waals surface area contributed by atoms with E-state index in [1.807, 2.05) is 65.5 Å². The van der Waals surface area contributed by atoms with E-state index in [2.05, 4.69) is 39.0 Å². The number of aryl methyl sites for hydroxylation is 1. The molecule has 1 fully saturated rings. The Morgan fingerprint density at radius 3 is 2.46 bits per heavy atom. The lowest BCUT2D eigenvalue weighted by atomic mass is 9.95. The van der Waals surface area contributed by atoms with E-state index in [9.17, 15) is 4.79 Å². The number of ether oxygens (including phenoxy) is 2. The number of carbonyl (C=O) groups excluding carboxylic acids is 1. The second-order valence-corrected chi connectivity index (χ2v) is 11.9. The zero-order chi connectivity index (χ0) is 29.1. The first-order chi connectivity index (χ1) is 19.8. The van der Waals surface area contributed by atoms with Crippen LogP contribution >= 0.6 is 24.0 Å². The van der Waals surface area contributed by atoms with E-state index in [1.54, 1.807) is 19.1 Å². The van der Waals surface area contributed by atoms with Gasteiger partial charge in [0, 0.05) is 23.9 Å². The molecular formula is C33H33N3O3S2. The molecule has 0 saturated carbocycles. The van der Waals surface area contributed by atoms with Gasteiger partial charge < -0.3 is 9.47 Å². The van der Waals surface area contributed by atoms with Crippen LogP contribution in [-0.4, -0.2) is 45.7 Å². The zero-order valence-electron chi connectivity index (χ0n) is 23.9. The maximum Gasteiger partial charge on any atom is 0.266 e. The predicted molar refractivity (Wildman–Crippen MR) is 171 cm³/mol. The number of thiocarbonyl (C=S) groups is 1. The molecule has 0 aliphatic carbocycles. The summed E-state index contributed by atoms with van der Waals surface area (Å²) in [6.07, 6.45) is 4.56. The highest BCUT2D eigenvalue weighted by molar-refractivity contribution is 8.26. The van der Waals surface area contributed by atoms with Gasteiger partial charge in [-0.1, -0.05) is 74.2 Å². The van der Waals surface area contributed by atoms with E-state index < -0.39 is 0 Å². The van der Waals surface area contributed by atoms with Crippen molar-refractivity contribution in [2.45, 2.75) is 33.1 Å². The second-order valence-electron chi connectivity index (χ2n) is 10.2. The van der Waals surface area contributed by atoms with Crippen LogP contribution < -0.4 is 9.47 Å². The molecule has 0 unspecified atom stereocenters. The van der Waals surface area contributed by atoms with Crippen LogP contribution in [0.3, 0.4) is 0 Å². The summed E-state index contributed by atoms with van der Waals surface area (Å²) in [5.41, 5.74) is 7.13. The number of nitrogens with zero attached hydrogens (tertiary/aromatic N) is 3. The average Bonchev–Trinajstić information content (AvgIpc) is 3.52. The number of aromatic nitrogens is 2. The van der Waals surface area contributed by atoms with Crippen molar-refractivity contribution in [1.29, 1.82) is 0 Å². The van der Waals surface area contributed by atoms with Gasteiger partial charge in [0.2, 0.25) is 0 Å². The van der Waals surface area contributed by atoms with E-state index in [1.165, 1.54) is 17.3 Å². The van der Waals surface area contributed by atoms with Crippen molar-refractivity contribution in [3.05, 3.63) is 100 Å².